The molecule has 0 aliphatic carbocycles. The molecular formula is C16H21N3S. The van der Waals surface area contributed by atoms with Crippen LogP contribution in [0.15, 0.2) is 36.5 Å². The summed E-state index contributed by atoms with van der Waals surface area (Å²) >= 11 is 1.60. The van der Waals surface area contributed by atoms with Gasteiger partial charge < -0.3 is 5.73 Å². The summed E-state index contributed by atoms with van der Waals surface area (Å²) in [5, 5.41) is 0.673. The molecule has 2 aromatic rings. The van der Waals surface area contributed by atoms with Gasteiger partial charge in [-0.2, -0.15) is 0 Å². The van der Waals surface area contributed by atoms with Crippen molar-refractivity contribution in [3.63, 3.8) is 0 Å². The Balaban J connectivity index is 1.62. The number of nitrogen functional groups attached to an aromatic ring is 1. The normalized spacial score (nSPS) is 23.9. The Morgan fingerprint density at radius 3 is 2.80 bits per heavy atom. The quantitative estimate of drug-likeness (QED) is 0.941. The number of rotatable bonds is 3. The Bertz CT molecular complexity index is 552. The smallest absolute Gasteiger partial charge is 0.180 e. The highest BCUT2D eigenvalue weighted by molar-refractivity contribution is 7.15. The molecule has 4 heteroatoms. The molecule has 0 bridgehead atoms. The van der Waals surface area contributed by atoms with Crippen LogP contribution >= 0.6 is 11.3 Å². The summed E-state index contributed by atoms with van der Waals surface area (Å²) in [4.78, 5) is 7.93. The van der Waals surface area contributed by atoms with E-state index in [4.69, 9.17) is 5.73 Å². The minimum atomic E-state index is 0.673. The summed E-state index contributed by atoms with van der Waals surface area (Å²) in [7, 11) is 0. The maximum atomic E-state index is 5.70. The van der Waals surface area contributed by atoms with E-state index in [1.54, 1.807) is 11.3 Å². The fraction of sp³-hybridized carbons (Fsp3) is 0.438. The minimum Gasteiger partial charge on any atom is -0.375 e. The third-order valence-corrected chi connectivity index (χ3v) is 4.98. The van der Waals surface area contributed by atoms with Gasteiger partial charge in [-0.05, 0) is 30.4 Å². The monoisotopic (exact) mass is 287 g/mol. The zero-order chi connectivity index (χ0) is 13.9. The number of hydrogen-bond acceptors (Lipinski definition) is 4. The first-order valence-electron chi connectivity index (χ1n) is 7.20. The highest BCUT2D eigenvalue weighted by Crippen LogP contribution is 2.33. The number of nitrogens with zero attached hydrogens (tertiary/aromatic N) is 2. The number of likely N-dealkylation sites (tertiary alicyclic amines) is 1. The van der Waals surface area contributed by atoms with Gasteiger partial charge in [-0.25, -0.2) is 4.98 Å². The number of anilines is 1. The van der Waals surface area contributed by atoms with Crippen LogP contribution in [0.25, 0.3) is 0 Å². The molecule has 2 atom stereocenters. The van der Waals surface area contributed by atoms with Gasteiger partial charge in [0.05, 0.1) is 0 Å². The topological polar surface area (TPSA) is 42.2 Å². The lowest BCUT2D eigenvalue weighted by Gasteiger charge is -2.37. The molecule has 0 amide bonds. The van der Waals surface area contributed by atoms with E-state index in [1.165, 1.54) is 16.9 Å². The average molecular weight is 287 g/mol. The Morgan fingerprint density at radius 1 is 1.35 bits per heavy atom. The standard InChI is InChI=1S/C16H21N3S/c1-12-10-19(11-14-9-18-16(17)20-14)8-7-15(12)13-5-3-2-4-6-13/h2-6,9,12,15H,7-8,10-11H2,1H3,(H2,17,18). The molecule has 3 nitrogen and oxygen atoms in total. The van der Waals surface area contributed by atoms with Crippen molar-refractivity contribution in [1.82, 2.24) is 9.88 Å². The van der Waals surface area contributed by atoms with Gasteiger partial charge in [0.25, 0.3) is 0 Å². The van der Waals surface area contributed by atoms with Crippen LogP contribution in [0.3, 0.4) is 0 Å². The lowest BCUT2D eigenvalue weighted by molar-refractivity contribution is 0.157. The van der Waals surface area contributed by atoms with Crippen molar-refractivity contribution in [1.29, 1.82) is 0 Å². The number of piperidine rings is 1. The van der Waals surface area contributed by atoms with Gasteiger partial charge in [0.1, 0.15) is 0 Å². The van der Waals surface area contributed by atoms with Crippen LogP contribution in [0.4, 0.5) is 5.13 Å². The van der Waals surface area contributed by atoms with Crippen LogP contribution in [0.5, 0.6) is 0 Å². The highest BCUT2D eigenvalue weighted by Gasteiger charge is 2.27. The van der Waals surface area contributed by atoms with E-state index in [0.717, 1.165) is 19.6 Å². The molecule has 1 aliphatic rings. The molecule has 0 spiro atoms. The Morgan fingerprint density at radius 2 is 2.15 bits per heavy atom. The van der Waals surface area contributed by atoms with E-state index < -0.39 is 0 Å². The van der Waals surface area contributed by atoms with Crippen molar-refractivity contribution in [2.45, 2.75) is 25.8 Å². The fourth-order valence-electron chi connectivity index (χ4n) is 3.19. The van der Waals surface area contributed by atoms with Gasteiger partial charge >= 0.3 is 0 Å². The SMILES string of the molecule is CC1CN(Cc2cnc(N)s2)CCC1c1ccccc1. The third kappa shape index (κ3) is 3.02. The molecule has 1 aromatic carbocycles. The molecular weight excluding hydrogens is 266 g/mol. The maximum absolute atomic E-state index is 5.70. The van der Waals surface area contributed by atoms with Gasteiger partial charge in [0.15, 0.2) is 5.13 Å². The van der Waals surface area contributed by atoms with Gasteiger partial charge in [-0.3, -0.25) is 4.90 Å². The van der Waals surface area contributed by atoms with E-state index >= 15 is 0 Å². The number of nitrogens with two attached hydrogens (primary N) is 1. The second kappa shape index (κ2) is 5.94. The second-order valence-electron chi connectivity index (χ2n) is 5.68. The van der Waals surface area contributed by atoms with Crippen molar-refractivity contribution < 1.29 is 0 Å². The Hall–Kier alpha value is -1.39. The van der Waals surface area contributed by atoms with Crippen molar-refractivity contribution in [2.24, 2.45) is 5.92 Å². The highest BCUT2D eigenvalue weighted by atomic mass is 32.1. The van der Waals surface area contributed by atoms with Gasteiger partial charge in [-0.15, -0.1) is 11.3 Å². The van der Waals surface area contributed by atoms with E-state index in [-0.39, 0.29) is 0 Å². The molecule has 1 saturated heterocycles. The largest absolute Gasteiger partial charge is 0.375 e. The number of thiazole rings is 1. The molecule has 3 rings (SSSR count). The molecule has 1 aromatic heterocycles. The van der Waals surface area contributed by atoms with Crippen LogP contribution in [0, 0.1) is 5.92 Å². The van der Waals surface area contributed by atoms with Crippen LogP contribution in [-0.2, 0) is 6.54 Å². The molecule has 2 heterocycles. The summed E-state index contributed by atoms with van der Waals surface area (Å²) in [6.07, 6.45) is 3.15. The Labute approximate surface area is 124 Å². The maximum Gasteiger partial charge on any atom is 0.180 e. The van der Waals surface area contributed by atoms with Crippen LogP contribution in [0.2, 0.25) is 0 Å². The number of hydrogen-bond donors (Lipinski definition) is 1. The van der Waals surface area contributed by atoms with Crippen LogP contribution in [0.1, 0.15) is 29.7 Å². The molecule has 0 radical (unpaired) electrons. The van der Waals surface area contributed by atoms with Gasteiger partial charge in [0.2, 0.25) is 0 Å². The molecule has 2 N–H and O–H groups in total. The van der Waals surface area contributed by atoms with Gasteiger partial charge in [0, 0.05) is 24.2 Å². The van der Waals surface area contributed by atoms with E-state index in [9.17, 15) is 0 Å². The van der Waals surface area contributed by atoms with Crippen molar-refractivity contribution >= 4 is 16.5 Å². The minimum absolute atomic E-state index is 0.673. The summed E-state index contributed by atoms with van der Waals surface area (Å²) in [6, 6.07) is 10.9. The molecule has 106 valence electrons. The summed E-state index contributed by atoms with van der Waals surface area (Å²) in [5.74, 6) is 1.38. The van der Waals surface area contributed by atoms with E-state index in [0.29, 0.717) is 17.0 Å². The third-order valence-electron chi connectivity index (χ3n) is 4.17. The van der Waals surface area contributed by atoms with Crippen molar-refractivity contribution in [3.8, 4) is 0 Å². The van der Waals surface area contributed by atoms with Crippen molar-refractivity contribution in [2.75, 3.05) is 18.8 Å². The van der Waals surface area contributed by atoms with Crippen molar-refractivity contribution in [3.05, 3.63) is 47.0 Å². The first-order valence-corrected chi connectivity index (χ1v) is 8.01. The molecule has 1 aliphatic heterocycles. The van der Waals surface area contributed by atoms with E-state index in [2.05, 4.69) is 47.1 Å². The zero-order valence-electron chi connectivity index (χ0n) is 11.8. The Kier molecular flexibility index (Phi) is 4.03. The first kappa shape index (κ1) is 13.6. The fourth-order valence-corrected chi connectivity index (χ4v) is 3.91. The summed E-state index contributed by atoms with van der Waals surface area (Å²) < 4.78 is 0. The summed E-state index contributed by atoms with van der Waals surface area (Å²) in [5.41, 5.74) is 7.19. The average Bonchev–Trinajstić information content (AvgIpc) is 2.85. The second-order valence-corrected chi connectivity index (χ2v) is 6.83. The zero-order valence-corrected chi connectivity index (χ0v) is 12.6. The molecule has 0 saturated carbocycles. The number of aromatic nitrogens is 1. The van der Waals surface area contributed by atoms with Crippen LogP contribution < -0.4 is 5.73 Å². The molecule has 2 unspecified atom stereocenters. The lowest BCUT2D eigenvalue weighted by Crippen LogP contribution is -2.37. The number of benzene rings is 1. The predicted octanol–water partition coefficient (Wildman–Crippen LogP) is 3.35. The predicted molar refractivity (Wildman–Crippen MR) is 84.8 cm³/mol. The summed E-state index contributed by atoms with van der Waals surface area (Å²) in [6.45, 7) is 5.66. The van der Waals surface area contributed by atoms with Gasteiger partial charge in [-0.1, -0.05) is 37.3 Å². The molecule has 1 fully saturated rings. The molecule has 20 heavy (non-hydrogen) atoms. The lowest BCUT2D eigenvalue weighted by atomic mass is 9.81. The van der Waals surface area contributed by atoms with E-state index in [1.807, 2.05) is 6.20 Å². The first-order chi connectivity index (χ1) is 9.72. The van der Waals surface area contributed by atoms with Crippen LogP contribution in [-0.4, -0.2) is 23.0 Å².